The van der Waals surface area contributed by atoms with Gasteiger partial charge >= 0.3 is 0 Å². The zero-order valence-corrected chi connectivity index (χ0v) is 10.9. The fourth-order valence-corrected chi connectivity index (χ4v) is 2.74. The number of fused-ring (bicyclic) bond motifs is 3. The molecule has 1 amide bonds. The number of H-pyrrole nitrogens is 1. The molecule has 2 N–H and O–H groups in total. The number of aliphatic hydroxyl groups excluding tert-OH is 1. The van der Waals surface area contributed by atoms with Crippen molar-refractivity contribution >= 4 is 22.9 Å². The van der Waals surface area contributed by atoms with Gasteiger partial charge in [0.2, 0.25) is 5.91 Å². The third-order valence-corrected chi connectivity index (χ3v) is 3.83. The van der Waals surface area contributed by atoms with Crippen LogP contribution in [0.4, 0.5) is 4.39 Å². The van der Waals surface area contributed by atoms with Crippen molar-refractivity contribution in [2.45, 2.75) is 13.0 Å². The molecule has 1 aliphatic rings. The maximum atomic E-state index is 14.3. The molecule has 0 spiro atoms. The molecular formula is C15H15FN2O2. The normalized spacial score (nSPS) is 14.4. The number of rotatable bonds is 2. The summed E-state index contributed by atoms with van der Waals surface area (Å²) in [7, 11) is 0. The number of benzene rings is 1. The fourth-order valence-electron chi connectivity index (χ4n) is 2.74. The number of nitrogens with zero attached hydrogens (tertiary/aromatic N) is 1. The van der Waals surface area contributed by atoms with Crippen LogP contribution in [0.5, 0.6) is 0 Å². The average Bonchev–Trinajstić information content (AvgIpc) is 2.85. The van der Waals surface area contributed by atoms with Crippen LogP contribution in [0, 0.1) is 5.82 Å². The largest absolute Gasteiger partial charge is 0.387 e. The zero-order chi connectivity index (χ0) is 14.3. The number of hydrogen-bond acceptors (Lipinski definition) is 2. The van der Waals surface area contributed by atoms with E-state index in [0.717, 1.165) is 16.6 Å². The highest BCUT2D eigenvalue weighted by molar-refractivity contribution is 5.88. The molecular weight excluding hydrogens is 259 g/mol. The smallest absolute Gasteiger partial charge is 0.248 e. The second-order valence-corrected chi connectivity index (χ2v) is 4.90. The van der Waals surface area contributed by atoms with Gasteiger partial charge in [-0.2, -0.15) is 0 Å². The zero-order valence-electron chi connectivity index (χ0n) is 10.9. The average molecular weight is 274 g/mol. The molecule has 2 heterocycles. The van der Waals surface area contributed by atoms with Gasteiger partial charge in [0.05, 0.1) is 5.52 Å². The minimum atomic E-state index is -0.493. The lowest BCUT2D eigenvalue weighted by atomic mass is 10.0. The van der Waals surface area contributed by atoms with Crippen LogP contribution in [0.15, 0.2) is 18.7 Å². The summed E-state index contributed by atoms with van der Waals surface area (Å²) in [5.74, 6) is -0.611. The first-order chi connectivity index (χ1) is 9.65. The Labute approximate surface area is 115 Å². The van der Waals surface area contributed by atoms with Crippen molar-refractivity contribution in [3.8, 4) is 0 Å². The Bertz CT molecular complexity index is 705. The molecule has 1 aliphatic heterocycles. The topological polar surface area (TPSA) is 56.3 Å². The van der Waals surface area contributed by atoms with Crippen LogP contribution < -0.4 is 0 Å². The lowest BCUT2D eigenvalue weighted by Gasteiger charge is -2.26. The Kier molecular flexibility index (Phi) is 3.06. The van der Waals surface area contributed by atoms with Gasteiger partial charge in [0.15, 0.2) is 5.82 Å². The SMILES string of the molecule is C=Cc1ccc2c3c([nH]c2c1F)CCN(C(=O)CO)C3. The molecule has 1 aromatic heterocycles. The van der Waals surface area contributed by atoms with Gasteiger partial charge in [0.25, 0.3) is 0 Å². The van der Waals surface area contributed by atoms with Gasteiger partial charge < -0.3 is 15.0 Å². The van der Waals surface area contributed by atoms with Crippen LogP contribution in [-0.2, 0) is 17.8 Å². The summed E-state index contributed by atoms with van der Waals surface area (Å²) in [6.45, 7) is 4.04. The van der Waals surface area contributed by atoms with Crippen molar-refractivity contribution in [1.29, 1.82) is 0 Å². The molecule has 0 atom stereocenters. The Morgan fingerprint density at radius 3 is 3.05 bits per heavy atom. The molecule has 0 fully saturated rings. The number of carbonyl (C=O) groups is 1. The molecule has 0 saturated heterocycles. The third-order valence-electron chi connectivity index (χ3n) is 3.83. The molecule has 0 saturated carbocycles. The second-order valence-electron chi connectivity index (χ2n) is 4.90. The van der Waals surface area contributed by atoms with Gasteiger partial charge in [-0.1, -0.05) is 24.8 Å². The molecule has 5 heteroatoms. The molecule has 104 valence electrons. The van der Waals surface area contributed by atoms with Crippen molar-refractivity contribution in [3.05, 3.63) is 41.3 Å². The van der Waals surface area contributed by atoms with Gasteiger partial charge in [-0.3, -0.25) is 4.79 Å². The minimum Gasteiger partial charge on any atom is -0.387 e. The van der Waals surface area contributed by atoms with E-state index < -0.39 is 6.61 Å². The Hall–Kier alpha value is -2.14. The van der Waals surface area contributed by atoms with Crippen LogP contribution in [0.1, 0.15) is 16.8 Å². The van der Waals surface area contributed by atoms with Gasteiger partial charge in [0, 0.05) is 41.7 Å². The number of aromatic nitrogens is 1. The maximum Gasteiger partial charge on any atom is 0.248 e. The first-order valence-corrected chi connectivity index (χ1v) is 6.48. The van der Waals surface area contributed by atoms with Gasteiger partial charge in [-0.25, -0.2) is 4.39 Å². The summed E-state index contributed by atoms with van der Waals surface area (Å²) in [6, 6.07) is 3.53. The highest BCUT2D eigenvalue weighted by atomic mass is 19.1. The second kappa shape index (κ2) is 4.76. The molecule has 0 radical (unpaired) electrons. The predicted molar refractivity (Wildman–Crippen MR) is 74.6 cm³/mol. The number of amides is 1. The van der Waals surface area contributed by atoms with E-state index in [1.54, 1.807) is 11.0 Å². The van der Waals surface area contributed by atoms with E-state index in [9.17, 15) is 9.18 Å². The van der Waals surface area contributed by atoms with Gasteiger partial charge in [0.1, 0.15) is 6.61 Å². The molecule has 0 aliphatic carbocycles. The number of halogens is 1. The highest BCUT2D eigenvalue weighted by Crippen LogP contribution is 2.30. The first kappa shape index (κ1) is 12.9. The quantitative estimate of drug-likeness (QED) is 0.877. The van der Waals surface area contributed by atoms with Crippen molar-refractivity contribution in [1.82, 2.24) is 9.88 Å². The van der Waals surface area contributed by atoms with Crippen LogP contribution in [0.25, 0.3) is 17.0 Å². The van der Waals surface area contributed by atoms with E-state index >= 15 is 0 Å². The number of carbonyl (C=O) groups excluding carboxylic acids is 1. The summed E-state index contributed by atoms with van der Waals surface area (Å²) in [4.78, 5) is 16.3. The van der Waals surface area contributed by atoms with E-state index in [4.69, 9.17) is 5.11 Å². The van der Waals surface area contributed by atoms with Gasteiger partial charge in [-0.05, 0) is 0 Å². The van der Waals surface area contributed by atoms with Crippen LogP contribution in [-0.4, -0.2) is 34.0 Å². The number of aromatic amines is 1. The lowest BCUT2D eigenvalue weighted by molar-refractivity contribution is -0.135. The van der Waals surface area contributed by atoms with E-state index in [1.165, 1.54) is 6.08 Å². The molecule has 20 heavy (non-hydrogen) atoms. The van der Waals surface area contributed by atoms with Crippen LogP contribution >= 0.6 is 0 Å². The van der Waals surface area contributed by atoms with Crippen molar-refractivity contribution in [2.24, 2.45) is 0 Å². The number of hydrogen-bond donors (Lipinski definition) is 2. The molecule has 2 aromatic rings. The summed E-state index contributed by atoms with van der Waals surface area (Å²) in [5.41, 5.74) is 2.81. The van der Waals surface area contributed by atoms with E-state index in [0.29, 0.717) is 30.6 Å². The summed E-state index contributed by atoms with van der Waals surface area (Å²) < 4.78 is 14.3. The Morgan fingerprint density at radius 1 is 1.55 bits per heavy atom. The molecule has 1 aromatic carbocycles. The number of nitrogens with one attached hydrogen (secondary N) is 1. The molecule has 0 bridgehead atoms. The van der Waals surface area contributed by atoms with E-state index in [-0.39, 0.29) is 11.7 Å². The van der Waals surface area contributed by atoms with E-state index in [2.05, 4.69) is 11.6 Å². The Morgan fingerprint density at radius 2 is 2.35 bits per heavy atom. The lowest BCUT2D eigenvalue weighted by Crippen LogP contribution is -2.37. The monoisotopic (exact) mass is 274 g/mol. The van der Waals surface area contributed by atoms with E-state index in [1.807, 2.05) is 6.07 Å². The van der Waals surface area contributed by atoms with Crippen molar-refractivity contribution in [3.63, 3.8) is 0 Å². The maximum absolute atomic E-state index is 14.3. The number of aliphatic hydroxyl groups is 1. The highest BCUT2D eigenvalue weighted by Gasteiger charge is 2.24. The van der Waals surface area contributed by atoms with Gasteiger partial charge in [-0.15, -0.1) is 0 Å². The molecule has 4 nitrogen and oxygen atoms in total. The van der Waals surface area contributed by atoms with Crippen molar-refractivity contribution in [2.75, 3.05) is 13.2 Å². The predicted octanol–water partition coefficient (Wildman–Crippen LogP) is 1.83. The first-order valence-electron chi connectivity index (χ1n) is 6.48. The minimum absolute atomic E-state index is 0.298. The summed E-state index contributed by atoms with van der Waals surface area (Å²) in [5, 5.41) is 9.73. The third kappa shape index (κ3) is 1.82. The van der Waals surface area contributed by atoms with Crippen molar-refractivity contribution < 1.29 is 14.3 Å². The molecule has 0 unspecified atom stereocenters. The van der Waals surface area contributed by atoms with Crippen LogP contribution in [0.3, 0.4) is 0 Å². The Balaban J connectivity index is 2.10. The standard InChI is InChI=1S/C15H15FN2O2/c1-2-9-3-4-10-11-7-18(13(20)8-19)6-5-12(11)17-15(10)14(9)16/h2-4,17,19H,1,5-8H2. The van der Waals surface area contributed by atoms with Crippen LogP contribution in [0.2, 0.25) is 0 Å². The summed E-state index contributed by atoms with van der Waals surface area (Å²) in [6.07, 6.45) is 2.12. The summed E-state index contributed by atoms with van der Waals surface area (Å²) >= 11 is 0. The molecule has 3 rings (SSSR count). The fraction of sp³-hybridized carbons (Fsp3) is 0.267.